The number of benzene rings is 1. The molecule has 27 heavy (non-hydrogen) atoms. The number of hydrogen-bond acceptors (Lipinski definition) is 4. The molecule has 0 aliphatic carbocycles. The standard InChI is InChI=1S/C21H27NO4S/c1-14(2)17-5-7-19(8-6-17)26-12-21(23)20-11-15(3)22(16(20)4)18-9-10-27(24,25)13-18/h5-8,11,14,18H,9-10,12-13H2,1-4H3/t18-/m1/s1. The Morgan fingerprint density at radius 3 is 2.44 bits per heavy atom. The molecule has 1 atom stereocenters. The fourth-order valence-electron chi connectivity index (χ4n) is 3.78. The number of ether oxygens (including phenoxy) is 1. The van der Waals surface area contributed by atoms with E-state index in [0.717, 1.165) is 11.4 Å². The molecule has 0 N–H and O–H groups in total. The molecule has 1 aromatic carbocycles. The highest BCUT2D eigenvalue weighted by Gasteiger charge is 2.31. The Balaban J connectivity index is 1.71. The number of aryl methyl sites for hydroxylation is 1. The second-order valence-electron chi connectivity index (χ2n) is 7.65. The molecule has 1 saturated heterocycles. The van der Waals surface area contributed by atoms with Crippen LogP contribution >= 0.6 is 0 Å². The summed E-state index contributed by atoms with van der Waals surface area (Å²) in [5.74, 6) is 1.39. The Morgan fingerprint density at radius 1 is 1.22 bits per heavy atom. The van der Waals surface area contributed by atoms with Gasteiger partial charge in [-0.1, -0.05) is 26.0 Å². The summed E-state index contributed by atoms with van der Waals surface area (Å²) in [5.41, 5.74) is 3.57. The lowest BCUT2D eigenvalue weighted by molar-refractivity contribution is 0.0920. The van der Waals surface area contributed by atoms with Crippen molar-refractivity contribution in [2.75, 3.05) is 18.1 Å². The normalized spacial score (nSPS) is 18.8. The highest BCUT2D eigenvalue weighted by Crippen LogP contribution is 2.29. The lowest BCUT2D eigenvalue weighted by atomic mass is 10.0. The van der Waals surface area contributed by atoms with Crippen molar-refractivity contribution < 1.29 is 17.9 Å². The third-order valence-electron chi connectivity index (χ3n) is 5.28. The minimum atomic E-state index is -2.97. The zero-order valence-electron chi connectivity index (χ0n) is 16.4. The maximum Gasteiger partial charge on any atom is 0.202 e. The molecule has 146 valence electrons. The third kappa shape index (κ3) is 4.26. The number of nitrogens with zero attached hydrogens (tertiary/aromatic N) is 1. The highest BCUT2D eigenvalue weighted by atomic mass is 32.2. The molecule has 1 aromatic heterocycles. The Labute approximate surface area is 161 Å². The predicted octanol–water partition coefficient (Wildman–Crippen LogP) is 3.85. The summed E-state index contributed by atoms with van der Waals surface area (Å²) in [6.45, 7) is 8.02. The maximum atomic E-state index is 12.7. The second kappa shape index (κ2) is 7.50. The van der Waals surface area contributed by atoms with Crippen molar-refractivity contribution in [1.82, 2.24) is 4.57 Å². The topological polar surface area (TPSA) is 65.4 Å². The summed E-state index contributed by atoms with van der Waals surface area (Å²) in [6.07, 6.45) is 0.602. The number of carbonyl (C=O) groups excluding carboxylic acids is 1. The molecule has 0 unspecified atom stereocenters. The van der Waals surface area contributed by atoms with Gasteiger partial charge < -0.3 is 9.30 Å². The second-order valence-corrected chi connectivity index (χ2v) is 9.88. The van der Waals surface area contributed by atoms with Crippen LogP contribution in [0.2, 0.25) is 0 Å². The summed E-state index contributed by atoms with van der Waals surface area (Å²) in [5, 5.41) is 0. The van der Waals surface area contributed by atoms with Crippen LogP contribution < -0.4 is 4.74 Å². The van der Waals surface area contributed by atoms with E-state index >= 15 is 0 Å². The van der Waals surface area contributed by atoms with E-state index in [0.29, 0.717) is 23.7 Å². The van der Waals surface area contributed by atoms with Crippen LogP contribution in [0.5, 0.6) is 5.75 Å². The average Bonchev–Trinajstić information content (AvgIpc) is 3.11. The van der Waals surface area contributed by atoms with E-state index < -0.39 is 9.84 Å². The molecule has 2 heterocycles. The van der Waals surface area contributed by atoms with Gasteiger partial charge in [-0.05, 0) is 49.9 Å². The van der Waals surface area contributed by atoms with E-state index in [-0.39, 0.29) is 29.9 Å². The Hall–Kier alpha value is -2.08. The molecule has 0 spiro atoms. The van der Waals surface area contributed by atoms with Crippen LogP contribution in [0.3, 0.4) is 0 Å². The van der Waals surface area contributed by atoms with Gasteiger partial charge in [-0.2, -0.15) is 0 Å². The predicted molar refractivity (Wildman–Crippen MR) is 107 cm³/mol. The van der Waals surface area contributed by atoms with Crippen LogP contribution in [-0.4, -0.2) is 36.9 Å². The summed E-state index contributed by atoms with van der Waals surface area (Å²) in [6, 6.07) is 9.55. The lowest BCUT2D eigenvalue weighted by Crippen LogP contribution is -2.16. The van der Waals surface area contributed by atoms with Crippen molar-refractivity contribution in [1.29, 1.82) is 0 Å². The number of sulfone groups is 1. The number of aromatic nitrogens is 1. The minimum Gasteiger partial charge on any atom is -0.485 e. The molecule has 0 bridgehead atoms. The van der Waals surface area contributed by atoms with Crippen LogP contribution in [0.15, 0.2) is 30.3 Å². The van der Waals surface area contributed by atoms with Crippen molar-refractivity contribution in [2.45, 2.75) is 46.1 Å². The van der Waals surface area contributed by atoms with Gasteiger partial charge in [0.1, 0.15) is 5.75 Å². The van der Waals surface area contributed by atoms with Gasteiger partial charge in [-0.15, -0.1) is 0 Å². The van der Waals surface area contributed by atoms with Crippen molar-refractivity contribution >= 4 is 15.6 Å². The molecular formula is C21H27NO4S. The van der Waals surface area contributed by atoms with Crippen LogP contribution in [0.4, 0.5) is 0 Å². The van der Waals surface area contributed by atoms with Gasteiger partial charge in [0.2, 0.25) is 5.78 Å². The van der Waals surface area contributed by atoms with Gasteiger partial charge in [0, 0.05) is 23.0 Å². The van der Waals surface area contributed by atoms with Crippen molar-refractivity contribution in [2.24, 2.45) is 0 Å². The lowest BCUT2D eigenvalue weighted by Gasteiger charge is -2.16. The maximum absolute atomic E-state index is 12.7. The van der Waals surface area contributed by atoms with Crippen molar-refractivity contribution in [3.05, 3.63) is 52.8 Å². The largest absolute Gasteiger partial charge is 0.485 e. The Bertz CT molecular complexity index is 939. The number of carbonyl (C=O) groups is 1. The molecule has 1 aliphatic rings. The molecule has 0 amide bonds. The first-order valence-electron chi connectivity index (χ1n) is 9.33. The van der Waals surface area contributed by atoms with Crippen LogP contribution in [0.1, 0.15) is 59.5 Å². The molecule has 5 nitrogen and oxygen atoms in total. The first kappa shape index (κ1) is 19.7. The molecule has 1 fully saturated rings. The number of ketones is 1. The first-order valence-corrected chi connectivity index (χ1v) is 11.1. The fraction of sp³-hybridized carbons (Fsp3) is 0.476. The van der Waals surface area contributed by atoms with Gasteiger partial charge in [-0.3, -0.25) is 4.79 Å². The highest BCUT2D eigenvalue weighted by molar-refractivity contribution is 7.91. The quantitative estimate of drug-likeness (QED) is 0.704. The van der Waals surface area contributed by atoms with Crippen molar-refractivity contribution in [3.63, 3.8) is 0 Å². The van der Waals surface area contributed by atoms with E-state index in [4.69, 9.17) is 4.74 Å². The number of Topliss-reactive ketones (excluding diaryl/α,β-unsaturated/α-hetero) is 1. The number of hydrogen-bond donors (Lipinski definition) is 0. The summed E-state index contributed by atoms with van der Waals surface area (Å²) in [7, 11) is -2.97. The molecule has 2 aromatic rings. The molecule has 3 rings (SSSR count). The SMILES string of the molecule is Cc1cc(C(=O)COc2ccc(C(C)C)cc2)c(C)n1[C@@H]1CCS(=O)(=O)C1. The van der Waals surface area contributed by atoms with E-state index in [9.17, 15) is 13.2 Å². The van der Waals surface area contributed by atoms with E-state index in [1.54, 1.807) is 0 Å². The smallest absolute Gasteiger partial charge is 0.202 e. The third-order valence-corrected chi connectivity index (χ3v) is 7.03. The Morgan fingerprint density at radius 2 is 1.89 bits per heavy atom. The zero-order valence-corrected chi connectivity index (χ0v) is 17.2. The van der Waals surface area contributed by atoms with Gasteiger partial charge in [-0.25, -0.2) is 8.42 Å². The summed E-state index contributed by atoms with van der Waals surface area (Å²) in [4.78, 5) is 12.7. The molecule has 6 heteroatoms. The molecule has 1 aliphatic heterocycles. The fourth-order valence-corrected chi connectivity index (χ4v) is 5.48. The first-order chi connectivity index (χ1) is 12.7. The Kier molecular flexibility index (Phi) is 5.47. The van der Waals surface area contributed by atoms with E-state index in [1.807, 2.05) is 48.7 Å². The minimum absolute atomic E-state index is 0.0334. The molecule has 0 saturated carbocycles. The van der Waals surface area contributed by atoms with E-state index in [1.165, 1.54) is 5.56 Å². The van der Waals surface area contributed by atoms with Crippen molar-refractivity contribution in [3.8, 4) is 5.75 Å². The van der Waals surface area contributed by atoms with Gasteiger partial charge in [0.05, 0.1) is 11.5 Å². The summed E-state index contributed by atoms with van der Waals surface area (Å²) >= 11 is 0. The molecule has 0 radical (unpaired) electrons. The van der Waals surface area contributed by atoms with Gasteiger partial charge in [0.25, 0.3) is 0 Å². The molecular weight excluding hydrogens is 362 g/mol. The zero-order chi connectivity index (χ0) is 19.8. The van der Waals surface area contributed by atoms with Gasteiger partial charge in [0.15, 0.2) is 16.4 Å². The summed E-state index contributed by atoms with van der Waals surface area (Å²) < 4.78 is 31.3. The monoisotopic (exact) mass is 389 g/mol. The number of rotatable bonds is 6. The van der Waals surface area contributed by atoms with Crippen LogP contribution in [0, 0.1) is 13.8 Å². The average molecular weight is 390 g/mol. The van der Waals surface area contributed by atoms with Gasteiger partial charge >= 0.3 is 0 Å². The van der Waals surface area contributed by atoms with Crippen LogP contribution in [0.25, 0.3) is 0 Å². The van der Waals surface area contributed by atoms with Crippen LogP contribution in [-0.2, 0) is 9.84 Å². The van der Waals surface area contributed by atoms with E-state index in [2.05, 4.69) is 13.8 Å².